The first-order valence-electron chi connectivity index (χ1n) is 8.91. The molecule has 162 valence electrons. The SMILES string of the molecule is COC(=O)Cn1c(=NC(=O)CCS(=O)(=O)c2ccccc2)sc2ccc([N+](=O)[O-])cc21. The predicted octanol–water partition coefficient (Wildman–Crippen LogP) is 2.08. The average molecular weight is 463 g/mol. The summed E-state index contributed by atoms with van der Waals surface area (Å²) in [5.74, 6) is -1.75. The van der Waals surface area contributed by atoms with Gasteiger partial charge in [0.25, 0.3) is 5.69 Å². The van der Waals surface area contributed by atoms with E-state index in [9.17, 15) is 28.1 Å². The molecule has 1 amide bonds. The van der Waals surface area contributed by atoms with Crippen LogP contribution in [0.15, 0.2) is 58.4 Å². The first-order valence-corrected chi connectivity index (χ1v) is 11.4. The zero-order valence-corrected chi connectivity index (χ0v) is 17.9. The molecule has 0 atom stereocenters. The summed E-state index contributed by atoms with van der Waals surface area (Å²) in [6.07, 6.45) is -0.357. The van der Waals surface area contributed by atoms with Gasteiger partial charge in [0.05, 0.1) is 32.9 Å². The predicted molar refractivity (Wildman–Crippen MR) is 112 cm³/mol. The molecule has 0 fully saturated rings. The van der Waals surface area contributed by atoms with E-state index >= 15 is 0 Å². The molecule has 1 heterocycles. The Labute approximate surface area is 180 Å². The molecule has 0 bridgehead atoms. The number of nitro groups is 1. The molecule has 0 saturated carbocycles. The van der Waals surface area contributed by atoms with E-state index in [0.717, 1.165) is 11.3 Å². The second kappa shape index (κ2) is 9.18. The van der Waals surface area contributed by atoms with Crippen molar-refractivity contribution >= 4 is 49.0 Å². The number of sulfone groups is 1. The molecule has 0 spiro atoms. The summed E-state index contributed by atoms with van der Waals surface area (Å²) in [4.78, 5) is 38.9. The zero-order valence-electron chi connectivity index (χ0n) is 16.3. The maximum atomic E-state index is 12.4. The lowest BCUT2D eigenvalue weighted by Crippen LogP contribution is -2.23. The third-order valence-corrected chi connectivity index (χ3v) is 7.09. The molecule has 1 aromatic heterocycles. The van der Waals surface area contributed by atoms with Crippen LogP contribution in [0.25, 0.3) is 10.2 Å². The topological polar surface area (TPSA) is 138 Å². The number of nitrogens with zero attached hydrogens (tertiary/aromatic N) is 3. The fourth-order valence-electron chi connectivity index (χ4n) is 2.73. The molecule has 31 heavy (non-hydrogen) atoms. The van der Waals surface area contributed by atoms with Crippen LogP contribution in [0.4, 0.5) is 5.69 Å². The second-order valence-electron chi connectivity index (χ2n) is 6.34. The van der Waals surface area contributed by atoms with Crippen LogP contribution in [-0.2, 0) is 30.7 Å². The third-order valence-electron chi connectivity index (χ3n) is 4.30. The van der Waals surface area contributed by atoms with E-state index in [4.69, 9.17) is 0 Å². The highest BCUT2D eigenvalue weighted by molar-refractivity contribution is 7.91. The molecular formula is C19H17N3O7S2. The van der Waals surface area contributed by atoms with E-state index in [1.807, 2.05) is 0 Å². The maximum Gasteiger partial charge on any atom is 0.325 e. The van der Waals surface area contributed by atoms with E-state index in [2.05, 4.69) is 9.73 Å². The Balaban J connectivity index is 1.94. The minimum Gasteiger partial charge on any atom is -0.468 e. The van der Waals surface area contributed by atoms with Crippen LogP contribution in [0, 0.1) is 10.1 Å². The number of methoxy groups -OCH3 is 1. The first kappa shape index (κ1) is 22.3. The molecule has 12 heteroatoms. The quantitative estimate of drug-likeness (QED) is 0.297. The highest BCUT2D eigenvalue weighted by Crippen LogP contribution is 2.23. The van der Waals surface area contributed by atoms with Crippen LogP contribution in [0.2, 0.25) is 0 Å². The van der Waals surface area contributed by atoms with Crippen LogP contribution in [-0.4, -0.2) is 42.6 Å². The second-order valence-corrected chi connectivity index (χ2v) is 9.46. The van der Waals surface area contributed by atoms with Crippen LogP contribution in [0.5, 0.6) is 0 Å². The van der Waals surface area contributed by atoms with E-state index < -0.39 is 32.4 Å². The number of esters is 1. The number of carbonyl (C=O) groups excluding carboxylic acids is 2. The third kappa shape index (κ3) is 5.22. The molecule has 0 saturated heterocycles. The first-order chi connectivity index (χ1) is 14.7. The fraction of sp³-hybridized carbons (Fsp3) is 0.211. The van der Waals surface area contributed by atoms with Gasteiger partial charge in [-0.1, -0.05) is 29.5 Å². The number of fused-ring (bicyclic) bond motifs is 1. The molecule has 2 aromatic carbocycles. The van der Waals surface area contributed by atoms with Gasteiger partial charge < -0.3 is 9.30 Å². The highest BCUT2D eigenvalue weighted by atomic mass is 32.2. The van der Waals surface area contributed by atoms with Crippen LogP contribution < -0.4 is 4.80 Å². The van der Waals surface area contributed by atoms with E-state index in [1.54, 1.807) is 18.2 Å². The van der Waals surface area contributed by atoms with Crippen molar-refractivity contribution in [2.75, 3.05) is 12.9 Å². The van der Waals surface area contributed by atoms with Gasteiger partial charge in [0.1, 0.15) is 6.54 Å². The number of non-ortho nitro benzene ring substituents is 1. The van der Waals surface area contributed by atoms with Crippen LogP contribution in [0.1, 0.15) is 6.42 Å². The summed E-state index contributed by atoms with van der Waals surface area (Å²) in [6, 6.07) is 11.8. The standard InChI is InChI=1S/C19H17N3O7S2/c1-29-18(24)12-21-15-11-13(22(25)26)7-8-16(15)30-19(21)20-17(23)9-10-31(27,28)14-5-3-2-4-6-14/h2-8,11H,9-10,12H2,1H3. The van der Waals surface area contributed by atoms with E-state index in [-0.39, 0.29) is 28.3 Å². The number of thiazole rings is 1. The van der Waals surface area contributed by atoms with Crippen molar-refractivity contribution < 1.29 is 27.7 Å². The summed E-state index contributed by atoms with van der Waals surface area (Å²) in [6.45, 7) is -0.313. The number of amides is 1. The number of ether oxygens (including phenoxy) is 1. The van der Waals surface area contributed by atoms with Crippen molar-refractivity contribution in [2.24, 2.45) is 4.99 Å². The number of benzene rings is 2. The zero-order chi connectivity index (χ0) is 22.6. The number of rotatable bonds is 7. The number of nitro benzene ring substituents is 1. The average Bonchev–Trinajstić information content (AvgIpc) is 3.08. The summed E-state index contributed by atoms with van der Waals surface area (Å²) < 4.78 is 31.3. The number of aromatic nitrogens is 1. The lowest BCUT2D eigenvalue weighted by Gasteiger charge is -2.04. The molecule has 0 aliphatic heterocycles. The monoisotopic (exact) mass is 463 g/mol. The highest BCUT2D eigenvalue weighted by Gasteiger charge is 2.18. The van der Waals surface area contributed by atoms with Crippen molar-refractivity contribution in [2.45, 2.75) is 17.9 Å². The number of hydrogen-bond acceptors (Lipinski definition) is 8. The van der Waals surface area contributed by atoms with Gasteiger partial charge in [0.15, 0.2) is 14.6 Å². The normalized spacial score (nSPS) is 12.1. The largest absolute Gasteiger partial charge is 0.468 e. The Morgan fingerprint density at radius 3 is 2.55 bits per heavy atom. The van der Waals surface area contributed by atoms with Gasteiger partial charge >= 0.3 is 5.97 Å². The molecule has 3 aromatic rings. The molecule has 0 unspecified atom stereocenters. The van der Waals surface area contributed by atoms with Gasteiger partial charge in [0, 0.05) is 18.6 Å². The van der Waals surface area contributed by atoms with Crippen molar-refractivity contribution in [1.82, 2.24) is 4.57 Å². The summed E-state index contributed by atoms with van der Waals surface area (Å²) in [7, 11) is -2.46. The molecular weight excluding hydrogens is 446 g/mol. The smallest absolute Gasteiger partial charge is 0.325 e. The summed E-state index contributed by atoms with van der Waals surface area (Å²) >= 11 is 1.05. The molecule has 0 aliphatic rings. The maximum absolute atomic E-state index is 12.4. The summed E-state index contributed by atoms with van der Waals surface area (Å²) in [5.41, 5.74) is 0.156. The van der Waals surface area contributed by atoms with E-state index in [1.165, 1.54) is 42.0 Å². The summed E-state index contributed by atoms with van der Waals surface area (Å²) in [5, 5.41) is 11.1. The van der Waals surface area contributed by atoms with Crippen molar-refractivity contribution in [3.8, 4) is 0 Å². The molecule has 0 aliphatic carbocycles. The van der Waals surface area contributed by atoms with Crippen molar-refractivity contribution in [3.63, 3.8) is 0 Å². The molecule has 0 N–H and O–H groups in total. The fourth-order valence-corrected chi connectivity index (χ4v) is 5.01. The van der Waals surface area contributed by atoms with Gasteiger partial charge in [-0.05, 0) is 18.2 Å². The van der Waals surface area contributed by atoms with Crippen molar-refractivity contribution in [3.05, 3.63) is 63.4 Å². The van der Waals surface area contributed by atoms with Gasteiger partial charge in [-0.3, -0.25) is 19.7 Å². The minimum absolute atomic E-state index is 0.109. The van der Waals surface area contributed by atoms with Crippen molar-refractivity contribution in [1.29, 1.82) is 0 Å². The Bertz CT molecular complexity index is 1330. The van der Waals surface area contributed by atoms with Crippen LogP contribution >= 0.6 is 11.3 Å². The van der Waals surface area contributed by atoms with Gasteiger partial charge in [-0.15, -0.1) is 0 Å². The van der Waals surface area contributed by atoms with Crippen LogP contribution in [0.3, 0.4) is 0 Å². The number of carbonyl (C=O) groups is 2. The number of hydrogen-bond donors (Lipinski definition) is 0. The molecule has 10 nitrogen and oxygen atoms in total. The van der Waals surface area contributed by atoms with Gasteiger partial charge in [-0.2, -0.15) is 4.99 Å². The van der Waals surface area contributed by atoms with E-state index in [0.29, 0.717) is 10.2 Å². The molecule has 0 radical (unpaired) electrons. The Hall–Kier alpha value is -3.38. The Morgan fingerprint density at radius 2 is 1.90 bits per heavy atom. The molecule has 3 rings (SSSR count). The van der Waals surface area contributed by atoms with Gasteiger partial charge in [0.2, 0.25) is 5.91 Å². The Morgan fingerprint density at radius 1 is 1.19 bits per heavy atom. The Kier molecular flexibility index (Phi) is 6.61. The lowest BCUT2D eigenvalue weighted by atomic mass is 10.3. The van der Waals surface area contributed by atoms with Gasteiger partial charge in [-0.25, -0.2) is 8.42 Å². The lowest BCUT2D eigenvalue weighted by molar-refractivity contribution is -0.384. The minimum atomic E-state index is -3.65.